The van der Waals surface area contributed by atoms with Crippen LogP contribution in [0.15, 0.2) is 29.2 Å². The molecule has 2 nitrogen and oxygen atoms in total. The number of fused-ring (bicyclic) bond motifs is 1. The number of thioether (sulfide) groups is 1. The van der Waals surface area contributed by atoms with Crippen LogP contribution in [0.2, 0.25) is 0 Å². The normalized spacial score (nSPS) is 20.3. The lowest BCUT2D eigenvalue weighted by atomic mass is 9.77. The Hall–Kier alpha value is -0.910. The largest absolute Gasteiger partial charge is 0.323 e. The van der Waals surface area contributed by atoms with Crippen molar-refractivity contribution < 1.29 is 4.39 Å². The van der Waals surface area contributed by atoms with E-state index in [1.54, 1.807) is 17.4 Å². The van der Waals surface area contributed by atoms with Crippen molar-refractivity contribution in [2.75, 3.05) is 0 Å². The number of nitrogens with two attached hydrogens (primary N) is 1. The van der Waals surface area contributed by atoms with Crippen LogP contribution in [-0.2, 0) is 12.2 Å². The molecule has 0 aliphatic heterocycles. The molecular weight excluding hydrogens is 303 g/mol. The van der Waals surface area contributed by atoms with Crippen LogP contribution in [0.1, 0.15) is 41.9 Å². The summed E-state index contributed by atoms with van der Waals surface area (Å²) >= 11 is 3.19. The maximum Gasteiger partial charge on any atom is 0.136 e. The first-order valence-electron chi connectivity index (χ1n) is 7.06. The van der Waals surface area contributed by atoms with Gasteiger partial charge in [0.1, 0.15) is 10.8 Å². The Morgan fingerprint density at radius 3 is 2.95 bits per heavy atom. The van der Waals surface area contributed by atoms with E-state index in [2.05, 4.69) is 13.8 Å². The molecule has 1 heterocycles. The summed E-state index contributed by atoms with van der Waals surface area (Å²) in [4.78, 5) is 6.63. The number of benzene rings is 1. The van der Waals surface area contributed by atoms with Crippen molar-refractivity contribution >= 4 is 23.1 Å². The number of aromatic nitrogens is 1. The second-order valence-electron chi connectivity index (χ2n) is 6.29. The fourth-order valence-corrected chi connectivity index (χ4v) is 4.82. The lowest BCUT2D eigenvalue weighted by Gasteiger charge is -2.32. The smallest absolute Gasteiger partial charge is 0.136 e. The molecule has 0 amide bonds. The molecule has 21 heavy (non-hydrogen) atoms. The average molecular weight is 322 g/mol. The fraction of sp³-hybridized carbons (Fsp3) is 0.438. The van der Waals surface area contributed by atoms with E-state index in [-0.39, 0.29) is 17.3 Å². The van der Waals surface area contributed by atoms with E-state index in [0.29, 0.717) is 10.6 Å². The summed E-state index contributed by atoms with van der Waals surface area (Å²) in [5, 5.41) is 1.04. The number of rotatable bonds is 3. The highest BCUT2D eigenvalue weighted by Gasteiger charge is 2.33. The Balaban J connectivity index is 1.75. The van der Waals surface area contributed by atoms with Crippen molar-refractivity contribution in [2.24, 2.45) is 11.1 Å². The molecule has 0 bridgehead atoms. The van der Waals surface area contributed by atoms with Crippen molar-refractivity contribution in [3.05, 3.63) is 45.7 Å². The second-order valence-corrected chi connectivity index (χ2v) is 8.42. The third-order valence-electron chi connectivity index (χ3n) is 3.71. The van der Waals surface area contributed by atoms with E-state index in [4.69, 9.17) is 10.7 Å². The summed E-state index contributed by atoms with van der Waals surface area (Å²) in [5.74, 6) is 0.535. The Bertz CT molecular complexity index is 651. The van der Waals surface area contributed by atoms with Crippen LogP contribution >= 0.6 is 23.1 Å². The maximum atomic E-state index is 13.6. The molecule has 1 aliphatic rings. The highest BCUT2D eigenvalue weighted by molar-refractivity contribution is 7.98. The summed E-state index contributed by atoms with van der Waals surface area (Å²) in [5.41, 5.74) is 7.64. The molecule has 1 aromatic heterocycles. The van der Waals surface area contributed by atoms with Crippen molar-refractivity contribution in [1.29, 1.82) is 0 Å². The van der Waals surface area contributed by atoms with Gasteiger partial charge in [0.15, 0.2) is 0 Å². The molecule has 3 rings (SSSR count). The van der Waals surface area contributed by atoms with Gasteiger partial charge in [0.25, 0.3) is 0 Å². The van der Waals surface area contributed by atoms with Crippen molar-refractivity contribution in [3.8, 4) is 0 Å². The summed E-state index contributed by atoms with van der Waals surface area (Å²) in [7, 11) is 0. The van der Waals surface area contributed by atoms with Gasteiger partial charge in [0, 0.05) is 15.8 Å². The minimum Gasteiger partial charge on any atom is -0.323 e. The number of hydrogen-bond donors (Lipinski definition) is 1. The van der Waals surface area contributed by atoms with E-state index in [1.807, 2.05) is 12.1 Å². The maximum absolute atomic E-state index is 13.6. The van der Waals surface area contributed by atoms with Gasteiger partial charge in [-0.25, -0.2) is 9.37 Å². The Labute approximate surface area is 133 Å². The topological polar surface area (TPSA) is 38.9 Å². The van der Waals surface area contributed by atoms with E-state index in [1.165, 1.54) is 22.7 Å². The zero-order valence-electron chi connectivity index (χ0n) is 12.2. The number of hydrogen-bond acceptors (Lipinski definition) is 4. The summed E-state index contributed by atoms with van der Waals surface area (Å²) < 4.78 is 13.6. The summed E-state index contributed by atoms with van der Waals surface area (Å²) in [6, 6.07) is 6.96. The molecule has 1 unspecified atom stereocenters. The van der Waals surface area contributed by atoms with Gasteiger partial charge in [-0.3, -0.25) is 0 Å². The van der Waals surface area contributed by atoms with Crippen LogP contribution < -0.4 is 5.73 Å². The molecule has 1 aliphatic carbocycles. The fourth-order valence-electron chi connectivity index (χ4n) is 2.81. The van der Waals surface area contributed by atoms with Gasteiger partial charge in [0.2, 0.25) is 0 Å². The zero-order valence-corrected chi connectivity index (χ0v) is 13.9. The predicted octanol–water partition coefficient (Wildman–Crippen LogP) is 4.55. The third kappa shape index (κ3) is 3.30. The molecular formula is C16H19FN2S2. The molecule has 0 fully saturated rings. The van der Waals surface area contributed by atoms with Crippen molar-refractivity contribution in [2.45, 2.75) is 43.4 Å². The first kappa shape index (κ1) is 15.0. The first-order chi connectivity index (χ1) is 9.94. The predicted molar refractivity (Wildman–Crippen MR) is 87.1 cm³/mol. The number of nitrogens with zero attached hydrogens (tertiary/aromatic N) is 1. The van der Waals surface area contributed by atoms with Crippen LogP contribution in [-0.4, -0.2) is 4.98 Å². The van der Waals surface area contributed by atoms with Gasteiger partial charge in [-0.15, -0.1) is 23.1 Å². The molecule has 1 aromatic carbocycles. The Morgan fingerprint density at radius 2 is 2.19 bits per heavy atom. The Morgan fingerprint density at radius 1 is 1.43 bits per heavy atom. The zero-order chi connectivity index (χ0) is 15.0. The standard InChI is InChI=1S/C16H19FN2S2/c1-16(2)7-11(18)15-12(8-16)19-14(21-15)9-20-13-6-4-3-5-10(13)17/h3-6,11H,7-9,18H2,1-2H3. The van der Waals surface area contributed by atoms with Crippen LogP contribution in [0.4, 0.5) is 4.39 Å². The lowest BCUT2D eigenvalue weighted by molar-refractivity contribution is 0.282. The van der Waals surface area contributed by atoms with E-state index in [9.17, 15) is 4.39 Å². The van der Waals surface area contributed by atoms with E-state index >= 15 is 0 Å². The van der Waals surface area contributed by atoms with Gasteiger partial charge in [0.05, 0.1) is 11.4 Å². The highest BCUT2D eigenvalue weighted by atomic mass is 32.2. The first-order valence-corrected chi connectivity index (χ1v) is 8.86. The molecule has 2 N–H and O–H groups in total. The van der Waals surface area contributed by atoms with Crippen LogP contribution in [0.5, 0.6) is 0 Å². The van der Waals surface area contributed by atoms with E-state index in [0.717, 1.165) is 23.5 Å². The molecule has 0 radical (unpaired) electrons. The van der Waals surface area contributed by atoms with Crippen LogP contribution in [0.25, 0.3) is 0 Å². The molecule has 5 heteroatoms. The highest BCUT2D eigenvalue weighted by Crippen LogP contribution is 2.42. The molecule has 112 valence electrons. The van der Waals surface area contributed by atoms with Gasteiger partial charge < -0.3 is 5.73 Å². The molecule has 2 aromatic rings. The van der Waals surface area contributed by atoms with Gasteiger partial charge in [-0.1, -0.05) is 26.0 Å². The molecule has 0 saturated heterocycles. The third-order valence-corrected chi connectivity index (χ3v) is 6.19. The Kier molecular flexibility index (Phi) is 4.08. The minimum atomic E-state index is -0.165. The minimum absolute atomic E-state index is 0.0912. The average Bonchev–Trinajstić information content (AvgIpc) is 2.79. The lowest BCUT2D eigenvalue weighted by Crippen LogP contribution is -2.28. The quantitative estimate of drug-likeness (QED) is 0.843. The summed E-state index contributed by atoms with van der Waals surface area (Å²) in [6.07, 6.45) is 1.99. The second kappa shape index (κ2) is 5.71. The van der Waals surface area contributed by atoms with Crippen LogP contribution in [0.3, 0.4) is 0 Å². The van der Waals surface area contributed by atoms with Gasteiger partial charge in [-0.05, 0) is 30.4 Å². The monoisotopic (exact) mass is 322 g/mol. The molecule has 0 saturated carbocycles. The van der Waals surface area contributed by atoms with Crippen molar-refractivity contribution in [1.82, 2.24) is 4.98 Å². The van der Waals surface area contributed by atoms with Crippen molar-refractivity contribution in [3.63, 3.8) is 0 Å². The van der Waals surface area contributed by atoms with E-state index < -0.39 is 0 Å². The number of thiazole rings is 1. The van der Waals surface area contributed by atoms with Gasteiger partial charge in [-0.2, -0.15) is 0 Å². The SMILES string of the molecule is CC1(C)Cc2nc(CSc3ccccc3F)sc2C(N)C1. The summed E-state index contributed by atoms with van der Waals surface area (Å²) in [6.45, 7) is 4.48. The number of halogens is 1. The van der Waals surface area contributed by atoms with Crippen LogP contribution in [0, 0.1) is 11.2 Å². The molecule has 1 atom stereocenters. The van der Waals surface area contributed by atoms with Gasteiger partial charge >= 0.3 is 0 Å². The molecule has 0 spiro atoms.